The van der Waals surface area contributed by atoms with E-state index in [-0.39, 0.29) is 23.1 Å². The average molecular weight is 267 g/mol. The molecule has 2 heterocycles. The standard InChI is InChI=1S/C16H17N3O/c1-16(2,3)11-8-14(20)19-13-7-5-4-6-12(13)18-15(19)10(11)9-17/h4-8,10-11,20H,1-3H3. The number of hydrogen-bond acceptors (Lipinski definition) is 3. The number of imidazole rings is 1. The lowest BCUT2D eigenvalue weighted by atomic mass is 9.72. The molecule has 1 aliphatic heterocycles. The van der Waals surface area contributed by atoms with E-state index in [0.29, 0.717) is 5.82 Å². The second kappa shape index (κ2) is 4.11. The summed E-state index contributed by atoms with van der Waals surface area (Å²) in [6.45, 7) is 6.22. The number of fused-ring (bicyclic) bond motifs is 3. The van der Waals surface area contributed by atoms with Crippen molar-refractivity contribution in [2.75, 3.05) is 0 Å². The number of rotatable bonds is 0. The number of nitriles is 1. The summed E-state index contributed by atoms with van der Waals surface area (Å²) in [4.78, 5) is 4.56. The summed E-state index contributed by atoms with van der Waals surface area (Å²) in [5, 5.41) is 19.9. The van der Waals surface area contributed by atoms with E-state index < -0.39 is 0 Å². The van der Waals surface area contributed by atoms with Gasteiger partial charge in [0.15, 0.2) is 5.88 Å². The van der Waals surface area contributed by atoms with Gasteiger partial charge in [0.1, 0.15) is 11.7 Å². The SMILES string of the molecule is CC(C)(C)C1C=C(O)n2c(nc3ccccc32)C1C#N. The summed E-state index contributed by atoms with van der Waals surface area (Å²) >= 11 is 0. The van der Waals surface area contributed by atoms with Gasteiger partial charge in [-0.2, -0.15) is 5.26 Å². The number of benzene rings is 1. The molecule has 1 aliphatic rings. The molecule has 1 aromatic heterocycles. The minimum absolute atomic E-state index is 0.0585. The Balaban J connectivity index is 2.29. The van der Waals surface area contributed by atoms with E-state index in [2.05, 4.69) is 31.8 Å². The third kappa shape index (κ3) is 1.70. The van der Waals surface area contributed by atoms with Crippen molar-refractivity contribution < 1.29 is 5.11 Å². The molecule has 2 atom stereocenters. The molecule has 2 unspecified atom stereocenters. The molecule has 0 fully saturated rings. The molecule has 1 aromatic carbocycles. The quantitative estimate of drug-likeness (QED) is 0.792. The van der Waals surface area contributed by atoms with Crippen molar-refractivity contribution in [3.8, 4) is 6.07 Å². The molecule has 3 rings (SSSR count). The van der Waals surface area contributed by atoms with E-state index in [1.54, 1.807) is 10.6 Å². The first-order valence-electron chi connectivity index (χ1n) is 6.71. The molecule has 2 aromatic rings. The highest BCUT2D eigenvalue weighted by Gasteiger charge is 2.39. The van der Waals surface area contributed by atoms with Crippen LogP contribution in [0.15, 0.2) is 30.3 Å². The first-order valence-corrected chi connectivity index (χ1v) is 6.71. The van der Waals surface area contributed by atoms with Crippen molar-refractivity contribution in [1.82, 2.24) is 9.55 Å². The number of aliphatic hydroxyl groups excluding tert-OH is 1. The molecular weight excluding hydrogens is 250 g/mol. The smallest absolute Gasteiger partial charge is 0.193 e. The Morgan fingerprint density at radius 2 is 2.00 bits per heavy atom. The molecule has 1 N–H and O–H groups in total. The van der Waals surface area contributed by atoms with Gasteiger partial charge in [0, 0.05) is 5.92 Å². The fourth-order valence-electron chi connectivity index (χ4n) is 2.87. The summed E-state index contributed by atoms with van der Waals surface area (Å²) in [6, 6.07) is 9.97. The zero-order valence-electron chi connectivity index (χ0n) is 11.8. The zero-order valence-corrected chi connectivity index (χ0v) is 11.8. The molecule has 0 amide bonds. The van der Waals surface area contributed by atoms with Crippen LogP contribution in [0.2, 0.25) is 0 Å². The maximum Gasteiger partial charge on any atom is 0.193 e. The second-order valence-electron chi connectivity index (χ2n) is 6.32. The molecule has 0 spiro atoms. The highest BCUT2D eigenvalue weighted by Crippen LogP contribution is 2.43. The molecule has 0 saturated heterocycles. The first kappa shape index (κ1) is 12.7. The highest BCUT2D eigenvalue weighted by molar-refractivity contribution is 5.80. The molecule has 0 aliphatic carbocycles. The van der Waals surface area contributed by atoms with Crippen molar-refractivity contribution in [3.05, 3.63) is 36.2 Å². The Labute approximate surface area is 118 Å². The van der Waals surface area contributed by atoms with E-state index in [1.165, 1.54) is 0 Å². The minimum Gasteiger partial charge on any atom is -0.494 e. The van der Waals surface area contributed by atoms with Crippen molar-refractivity contribution in [2.45, 2.75) is 26.7 Å². The summed E-state index contributed by atoms with van der Waals surface area (Å²) in [6.07, 6.45) is 1.79. The van der Waals surface area contributed by atoms with Crippen LogP contribution in [0.1, 0.15) is 32.5 Å². The van der Waals surface area contributed by atoms with E-state index in [1.807, 2.05) is 24.3 Å². The number of aliphatic hydroxyl groups is 1. The predicted molar refractivity (Wildman–Crippen MR) is 77.9 cm³/mol. The summed E-state index contributed by atoms with van der Waals surface area (Å²) < 4.78 is 1.69. The second-order valence-corrected chi connectivity index (χ2v) is 6.32. The van der Waals surface area contributed by atoms with Gasteiger partial charge in [-0.3, -0.25) is 4.57 Å². The van der Waals surface area contributed by atoms with E-state index in [9.17, 15) is 10.4 Å². The molecule has 0 bridgehead atoms. The monoisotopic (exact) mass is 267 g/mol. The number of allylic oxidation sites excluding steroid dienone is 1. The third-order valence-corrected chi connectivity index (χ3v) is 3.92. The van der Waals surface area contributed by atoms with Gasteiger partial charge in [-0.1, -0.05) is 32.9 Å². The fraction of sp³-hybridized carbons (Fsp3) is 0.375. The van der Waals surface area contributed by atoms with Gasteiger partial charge >= 0.3 is 0 Å². The summed E-state index contributed by atoms with van der Waals surface area (Å²) in [5.41, 5.74) is 1.53. The Morgan fingerprint density at radius 3 is 2.65 bits per heavy atom. The summed E-state index contributed by atoms with van der Waals surface area (Å²) in [7, 11) is 0. The van der Waals surface area contributed by atoms with Crippen molar-refractivity contribution >= 4 is 16.9 Å². The zero-order chi connectivity index (χ0) is 14.5. The van der Waals surface area contributed by atoms with Crippen LogP contribution in [0.5, 0.6) is 0 Å². The van der Waals surface area contributed by atoms with Crippen LogP contribution < -0.4 is 0 Å². The molecule has 4 nitrogen and oxygen atoms in total. The van der Waals surface area contributed by atoms with Gasteiger partial charge < -0.3 is 5.11 Å². The van der Waals surface area contributed by atoms with Crippen LogP contribution in [0, 0.1) is 22.7 Å². The van der Waals surface area contributed by atoms with Gasteiger partial charge in [0.2, 0.25) is 0 Å². The Bertz CT molecular complexity index is 743. The van der Waals surface area contributed by atoms with Crippen LogP contribution >= 0.6 is 0 Å². The van der Waals surface area contributed by atoms with Crippen LogP contribution in [-0.2, 0) is 0 Å². The molecule has 0 saturated carbocycles. The van der Waals surface area contributed by atoms with Crippen LogP contribution in [0.25, 0.3) is 16.9 Å². The van der Waals surface area contributed by atoms with E-state index in [0.717, 1.165) is 11.0 Å². The number of para-hydroxylation sites is 2. The Kier molecular flexibility index (Phi) is 2.62. The number of aromatic nitrogens is 2. The highest BCUT2D eigenvalue weighted by atomic mass is 16.3. The topological polar surface area (TPSA) is 61.8 Å². The largest absolute Gasteiger partial charge is 0.494 e. The maximum atomic E-state index is 10.4. The molecule has 0 radical (unpaired) electrons. The predicted octanol–water partition coefficient (Wildman–Crippen LogP) is 3.68. The van der Waals surface area contributed by atoms with Gasteiger partial charge in [-0.15, -0.1) is 0 Å². The summed E-state index contributed by atoms with van der Waals surface area (Å²) in [5.74, 6) is 0.392. The molecule has 4 heteroatoms. The Morgan fingerprint density at radius 1 is 1.30 bits per heavy atom. The minimum atomic E-state index is -0.349. The van der Waals surface area contributed by atoms with E-state index >= 15 is 0 Å². The first-order chi connectivity index (χ1) is 9.43. The lowest BCUT2D eigenvalue weighted by Crippen LogP contribution is -2.30. The molecular formula is C16H17N3O. The number of nitrogens with zero attached hydrogens (tertiary/aromatic N) is 3. The van der Waals surface area contributed by atoms with Crippen molar-refractivity contribution in [2.24, 2.45) is 11.3 Å². The van der Waals surface area contributed by atoms with Crippen LogP contribution in [-0.4, -0.2) is 14.7 Å². The van der Waals surface area contributed by atoms with Crippen molar-refractivity contribution in [3.63, 3.8) is 0 Å². The molecule has 20 heavy (non-hydrogen) atoms. The maximum absolute atomic E-state index is 10.4. The Hall–Kier alpha value is -2.28. The lowest BCUT2D eigenvalue weighted by molar-refractivity contribution is 0.257. The van der Waals surface area contributed by atoms with Crippen LogP contribution in [0.4, 0.5) is 0 Å². The van der Waals surface area contributed by atoms with Gasteiger partial charge in [0.25, 0.3) is 0 Å². The van der Waals surface area contributed by atoms with E-state index in [4.69, 9.17) is 0 Å². The normalized spacial score (nSPS) is 22.2. The van der Waals surface area contributed by atoms with Gasteiger partial charge in [0.05, 0.1) is 17.1 Å². The van der Waals surface area contributed by atoms with Crippen molar-refractivity contribution in [1.29, 1.82) is 5.26 Å². The van der Waals surface area contributed by atoms with Gasteiger partial charge in [-0.05, 0) is 23.6 Å². The van der Waals surface area contributed by atoms with Crippen LogP contribution in [0.3, 0.4) is 0 Å². The lowest BCUT2D eigenvalue weighted by Gasteiger charge is -2.34. The third-order valence-electron chi connectivity index (χ3n) is 3.92. The average Bonchev–Trinajstić information content (AvgIpc) is 2.77. The fourth-order valence-corrected chi connectivity index (χ4v) is 2.87. The number of hydrogen-bond donors (Lipinski definition) is 1. The van der Waals surface area contributed by atoms with Gasteiger partial charge in [-0.25, -0.2) is 4.98 Å². The molecule has 102 valence electrons.